The van der Waals surface area contributed by atoms with Gasteiger partial charge in [0.25, 0.3) is 0 Å². The van der Waals surface area contributed by atoms with Crippen LogP contribution in [-0.2, 0) is 6.42 Å². The molecule has 4 heterocycles. The summed E-state index contributed by atoms with van der Waals surface area (Å²) in [7, 11) is 5.99. The monoisotopic (exact) mass is 495 g/mol. The lowest BCUT2D eigenvalue weighted by atomic mass is 10.1. The molecular formula is C28H29N7O2. The Hall–Kier alpha value is -4.24. The Morgan fingerprint density at radius 1 is 1.05 bits per heavy atom. The van der Waals surface area contributed by atoms with Gasteiger partial charge in [-0.1, -0.05) is 0 Å². The van der Waals surface area contributed by atoms with E-state index in [1.54, 1.807) is 12.4 Å². The number of nitrogens with one attached hydrogen (secondary N) is 1. The van der Waals surface area contributed by atoms with Crippen molar-refractivity contribution < 1.29 is 9.21 Å². The van der Waals surface area contributed by atoms with Crippen LogP contribution in [0.5, 0.6) is 0 Å². The van der Waals surface area contributed by atoms with E-state index < -0.39 is 0 Å². The van der Waals surface area contributed by atoms with Crippen LogP contribution in [0, 0.1) is 0 Å². The molecule has 2 aliphatic rings. The van der Waals surface area contributed by atoms with Crippen LogP contribution in [-0.4, -0.2) is 77.9 Å². The van der Waals surface area contributed by atoms with Crippen LogP contribution >= 0.6 is 0 Å². The molecule has 1 aliphatic heterocycles. The lowest BCUT2D eigenvalue weighted by Gasteiger charge is -2.33. The number of carbonyl (C=O) groups excluding carboxylic acids is 1. The molecule has 1 N–H and O–H groups in total. The average Bonchev–Trinajstić information content (AvgIpc) is 3.41. The van der Waals surface area contributed by atoms with E-state index in [1.807, 2.05) is 61.9 Å². The Morgan fingerprint density at radius 3 is 2.59 bits per heavy atom. The number of carbonyl (C=O) groups is 1. The van der Waals surface area contributed by atoms with Gasteiger partial charge in [0, 0.05) is 81.3 Å². The quantitative estimate of drug-likeness (QED) is 0.413. The Kier molecular flexibility index (Phi) is 5.84. The Morgan fingerprint density at radius 2 is 1.84 bits per heavy atom. The third-order valence-corrected chi connectivity index (χ3v) is 6.91. The molecular weight excluding hydrogens is 466 g/mol. The molecule has 3 aromatic heterocycles. The van der Waals surface area contributed by atoms with Gasteiger partial charge in [-0.25, -0.2) is 9.97 Å². The minimum absolute atomic E-state index is 0.0876. The number of nitrogens with zero attached hydrogens (tertiary/aromatic N) is 6. The summed E-state index contributed by atoms with van der Waals surface area (Å²) in [5.41, 5.74) is 5.86. The molecule has 9 heteroatoms. The molecule has 1 fully saturated rings. The van der Waals surface area contributed by atoms with Crippen molar-refractivity contribution in [3.8, 4) is 11.6 Å². The molecule has 188 valence electrons. The second kappa shape index (κ2) is 9.33. The van der Waals surface area contributed by atoms with Crippen molar-refractivity contribution in [2.24, 2.45) is 0 Å². The van der Waals surface area contributed by atoms with Crippen molar-refractivity contribution in [3.63, 3.8) is 0 Å². The van der Waals surface area contributed by atoms with Gasteiger partial charge in [-0.05, 0) is 36.9 Å². The minimum atomic E-state index is 0.0876. The number of ketones is 1. The van der Waals surface area contributed by atoms with E-state index in [2.05, 4.69) is 37.1 Å². The molecule has 0 saturated carbocycles. The van der Waals surface area contributed by atoms with Crippen LogP contribution in [0.15, 0.2) is 65.2 Å². The largest absolute Gasteiger partial charge is 0.449 e. The Bertz CT molecular complexity index is 1500. The van der Waals surface area contributed by atoms with E-state index in [0.717, 1.165) is 65.3 Å². The molecule has 0 amide bonds. The fourth-order valence-corrected chi connectivity index (χ4v) is 4.96. The number of piperazine rings is 1. The lowest BCUT2D eigenvalue weighted by Crippen LogP contribution is -2.44. The highest BCUT2D eigenvalue weighted by atomic mass is 16.3. The topological polar surface area (TPSA) is 90.6 Å². The highest BCUT2D eigenvalue weighted by molar-refractivity contribution is 6.13. The van der Waals surface area contributed by atoms with Gasteiger partial charge < -0.3 is 24.4 Å². The summed E-state index contributed by atoms with van der Waals surface area (Å²) >= 11 is 0. The Balaban J connectivity index is 1.32. The first-order valence-corrected chi connectivity index (χ1v) is 12.4. The van der Waals surface area contributed by atoms with Gasteiger partial charge in [0.2, 0.25) is 0 Å². The van der Waals surface area contributed by atoms with E-state index in [-0.39, 0.29) is 5.78 Å². The fraction of sp³-hybridized carbons (Fsp3) is 0.286. The predicted molar refractivity (Wildman–Crippen MR) is 144 cm³/mol. The summed E-state index contributed by atoms with van der Waals surface area (Å²) in [6.45, 7) is 3.94. The third-order valence-electron chi connectivity index (χ3n) is 6.91. The zero-order valence-corrected chi connectivity index (χ0v) is 21.2. The second-order valence-corrected chi connectivity index (χ2v) is 9.85. The normalized spacial score (nSPS) is 17.0. The summed E-state index contributed by atoms with van der Waals surface area (Å²) in [5, 5.41) is 4.41. The van der Waals surface area contributed by atoms with Crippen molar-refractivity contribution >= 4 is 33.8 Å². The average molecular weight is 496 g/mol. The number of fused-ring (bicyclic) bond motifs is 2. The molecule has 0 unspecified atom stereocenters. The molecule has 1 saturated heterocycles. The number of hydrogen-bond acceptors (Lipinski definition) is 9. The molecule has 0 radical (unpaired) electrons. The number of allylic oxidation sites excluding steroid dienone is 1. The third kappa shape index (κ3) is 4.42. The van der Waals surface area contributed by atoms with E-state index in [1.165, 1.54) is 0 Å². The predicted octanol–water partition coefficient (Wildman–Crippen LogP) is 3.96. The summed E-state index contributed by atoms with van der Waals surface area (Å²) in [6, 6.07) is 7.76. The summed E-state index contributed by atoms with van der Waals surface area (Å²) < 4.78 is 6.19. The van der Waals surface area contributed by atoms with Gasteiger partial charge in [-0.15, -0.1) is 0 Å². The van der Waals surface area contributed by atoms with Crippen molar-refractivity contribution in [2.45, 2.75) is 6.42 Å². The maximum atomic E-state index is 12.8. The van der Waals surface area contributed by atoms with Crippen LogP contribution < -0.4 is 10.2 Å². The van der Waals surface area contributed by atoms with Crippen molar-refractivity contribution in [1.82, 2.24) is 24.8 Å². The maximum Gasteiger partial charge on any atom is 0.198 e. The van der Waals surface area contributed by atoms with E-state index in [0.29, 0.717) is 23.6 Å². The molecule has 0 bridgehead atoms. The molecule has 1 aliphatic carbocycles. The number of rotatable bonds is 5. The van der Waals surface area contributed by atoms with E-state index >= 15 is 0 Å². The number of Topliss-reactive ketones (excluding diaryl/α,β-unsaturated/α-hetero) is 1. The van der Waals surface area contributed by atoms with Gasteiger partial charge in [-0.3, -0.25) is 9.78 Å². The number of likely N-dealkylation sites (N-methyl/N-ethyl adjacent to an activating group) is 1. The fourth-order valence-electron chi connectivity index (χ4n) is 4.96. The number of anilines is 3. The number of hydrogen-bond donors (Lipinski definition) is 1. The first kappa shape index (κ1) is 23.2. The van der Waals surface area contributed by atoms with Crippen molar-refractivity contribution in [1.29, 1.82) is 0 Å². The van der Waals surface area contributed by atoms with Crippen LogP contribution in [0.1, 0.15) is 15.9 Å². The molecule has 0 spiro atoms. The standard InChI is InChI=1S/C28H29N7O2/c1-33(2)17-19-12-18-13-20(4-5-22(18)26(19)36)32-25-23-6-7-29-16-24(23)37-27(25)28-30-14-21(15-31-28)35-10-8-34(3)9-11-35/h4-7,13-17,32H,8-12H2,1-3H3/b19-17-. The van der Waals surface area contributed by atoms with Gasteiger partial charge in [0.1, 0.15) is 0 Å². The van der Waals surface area contributed by atoms with Gasteiger partial charge in [-0.2, -0.15) is 0 Å². The summed E-state index contributed by atoms with van der Waals surface area (Å²) in [6.07, 6.45) is 9.67. The van der Waals surface area contributed by atoms with E-state index in [4.69, 9.17) is 4.42 Å². The summed E-state index contributed by atoms with van der Waals surface area (Å²) in [4.78, 5) is 32.9. The van der Waals surface area contributed by atoms with Gasteiger partial charge in [0.05, 0.1) is 30.0 Å². The first-order valence-electron chi connectivity index (χ1n) is 12.4. The summed E-state index contributed by atoms with van der Waals surface area (Å²) in [5.74, 6) is 1.14. The highest BCUT2D eigenvalue weighted by Crippen LogP contribution is 2.39. The maximum absolute atomic E-state index is 12.8. The molecule has 4 aromatic rings. The van der Waals surface area contributed by atoms with Crippen LogP contribution in [0.4, 0.5) is 17.1 Å². The molecule has 6 rings (SSSR count). The lowest BCUT2D eigenvalue weighted by molar-refractivity contribution is 0.103. The van der Waals surface area contributed by atoms with Crippen molar-refractivity contribution in [3.05, 3.63) is 72.0 Å². The SMILES string of the molecule is CN(C)/C=C1/Cc2cc(Nc3c(-c4ncc(N5CCN(C)CC5)cn4)oc4cnccc34)ccc2C1=O. The second-order valence-electron chi connectivity index (χ2n) is 9.85. The number of pyridine rings is 1. The molecule has 9 nitrogen and oxygen atoms in total. The van der Waals surface area contributed by atoms with Crippen LogP contribution in [0.2, 0.25) is 0 Å². The minimum Gasteiger partial charge on any atom is -0.449 e. The highest BCUT2D eigenvalue weighted by Gasteiger charge is 2.26. The molecule has 0 atom stereocenters. The van der Waals surface area contributed by atoms with Gasteiger partial charge in [0.15, 0.2) is 23.0 Å². The number of benzene rings is 1. The molecule has 37 heavy (non-hydrogen) atoms. The van der Waals surface area contributed by atoms with Crippen LogP contribution in [0.25, 0.3) is 22.6 Å². The first-order chi connectivity index (χ1) is 18.0. The van der Waals surface area contributed by atoms with Crippen molar-refractivity contribution in [2.75, 3.05) is 57.5 Å². The Labute approximate surface area is 215 Å². The zero-order chi connectivity index (χ0) is 25.5. The van der Waals surface area contributed by atoms with E-state index in [9.17, 15) is 4.79 Å². The van der Waals surface area contributed by atoms with Gasteiger partial charge >= 0.3 is 0 Å². The number of furan rings is 1. The van der Waals surface area contributed by atoms with Crippen LogP contribution in [0.3, 0.4) is 0 Å². The zero-order valence-electron chi connectivity index (χ0n) is 21.2. The molecule has 1 aromatic carbocycles. The smallest absolute Gasteiger partial charge is 0.198 e. The number of aromatic nitrogens is 3.